The Kier molecular flexibility index (Phi) is 3.08. The molecule has 4 heteroatoms. The highest BCUT2D eigenvalue weighted by Gasteiger charge is 2.26. The second kappa shape index (κ2) is 4.99. The van der Waals surface area contributed by atoms with Crippen LogP contribution in [-0.4, -0.2) is 5.11 Å². The molecule has 2 aromatic carbocycles. The molecule has 0 bridgehead atoms. The molecule has 110 valence electrons. The highest BCUT2D eigenvalue weighted by atomic mass is 79.9. The number of phenols is 1. The van der Waals surface area contributed by atoms with Crippen molar-refractivity contribution in [2.24, 2.45) is 0 Å². The number of rotatable bonds is 2. The summed E-state index contributed by atoms with van der Waals surface area (Å²) in [6.07, 6.45) is 2.20. The molecule has 0 radical (unpaired) electrons. The van der Waals surface area contributed by atoms with E-state index in [0.29, 0.717) is 28.4 Å². The summed E-state index contributed by atoms with van der Waals surface area (Å²) >= 11 is 3.42. The summed E-state index contributed by atoms with van der Waals surface area (Å²) in [5, 5.41) is 10.5. The Hall–Kier alpha value is -2.07. The average molecular weight is 357 g/mol. The standard InChI is InChI=1S/C18H13BrO3/c19-14-3-1-2-12-16(21)9-17(22-18(12)14)11-6-7-15(20)13(8-11)10-4-5-10/h1-3,6-10,20H,4-5H2. The number of hydrogen-bond acceptors (Lipinski definition) is 3. The van der Waals surface area contributed by atoms with E-state index < -0.39 is 0 Å². The summed E-state index contributed by atoms with van der Waals surface area (Å²) in [6, 6.07) is 12.3. The zero-order chi connectivity index (χ0) is 15.3. The summed E-state index contributed by atoms with van der Waals surface area (Å²) in [5.41, 5.74) is 2.23. The molecular formula is C18H13BrO3. The fraction of sp³-hybridized carbons (Fsp3) is 0.167. The maximum Gasteiger partial charge on any atom is 0.193 e. The predicted molar refractivity (Wildman–Crippen MR) is 89.3 cm³/mol. The number of phenolic OH excluding ortho intramolecular Hbond substituents is 1. The molecule has 0 saturated heterocycles. The van der Waals surface area contributed by atoms with Crippen LogP contribution in [0.1, 0.15) is 24.3 Å². The smallest absolute Gasteiger partial charge is 0.193 e. The second-order valence-electron chi connectivity index (χ2n) is 5.64. The van der Waals surface area contributed by atoms with Gasteiger partial charge >= 0.3 is 0 Å². The van der Waals surface area contributed by atoms with Crippen LogP contribution in [0.2, 0.25) is 0 Å². The quantitative estimate of drug-likeness (QED) is 0.716. The van der Waals surface area contributed by atoms with Crippen LogP contribution < -0.4 is 5.43 Å². The molecule has 4 rings (SSSR count). The number of halogens is 1. The van der Waals surface area contributed by atoms with Crippen molar-refractivity contribution < 1.29 is 9.52 Å². The van der Waals surface area contributed by atoms with Gasteiger partial charge in [-0.2, -0.15) is 0 Å². The largest absolute Gasteiger partial charge is 0.508 e. The van der Waals surface area contributed by atoms with Gasteiger partial charge in [-0.15, -0.1) is 0 Å². The molecule has 0 aliphatic heterocycles. The normalized spacial score (nSPS) is 14.4. The molecule has 1 N–H and O–H groups in total. The zero-order valence-electron chi connectivity index (χ0n) is 11.7. The summed E-state index contributed by atoms with van der Waals surface area (Å²) in [6.45, 7) is 0. The van der Waals surface area contributed by atoms with Crippen molar-refractivity contribution in [2.75, 3.05) is 0 Å². The Morgan fingerprint density at radius 1 is 1.14 bits per heavy atom. The molecule has 1 aliphatic carbocycles. The van der Waals surface area contributed by atoms with Gasteiger partial charge in [-0.3, -0.25) is 4.79 Å². The van der Waals surface area contributed by atoms with Crippen LogP contribution >= 0.6 is 15.9 Å². The minimum atomic E-state index is -0.0707. The Labute approximate surface area is 135 Å². The minimum absolute atomic E-state index is 0.0707. The Balaban J connectivity index is 1.93. The monoisotopic (exact) mass is 356 g/mol. The summed E-state index contributed by atoms with van der Waals surface area (Å²) < 4.78 is 6.68. The zero-order valence-corrected chi connectivity index (χ0v) is 13.3. The summed E-state index contributed by atoms with van der Waals surface area (Å²) in [7, 11) is 0. The fourth-order valence-corrected chi connectivity index (χ4v) is 3.16. The number of hydrogen-bond donors (Lipinski definition) is 1. The van der Waals surface area contributed by atoms with Crippen LogP contribution in [0.5, 0.6) is 5.75 Å². The Bertz CT molecular complexity index is 939. The van der Waals surface area contributed by atoms with E-state index in [0.717, 1.165) is 28.4 Å². The van der Waals surface area contributed by atoms with Crippen molar-refractivity contribution in [2.45, 2.75) is 18.8 Å². The van der Waals surface area contributed by atoms with Gasteiger partial charge in [0.05, 0.1) is 9.86 Å². The molecule has 0 atom stereocenters. The highest BCUT2D eigenvalue weighted by molar-refractivity contribution is 9.10. The van der Waals surface area contributed by atoms with Gasteiger partial charge in [0.1, 0.15) is 11.5 Å². The van der Waals surface area contributed by atoms with E-state index in [-0.39, 0.29) is 5.43 Å². The highest BCUT2D eigenvalue weighted by Crippen LogP contribution is 2.45. The molecule has 1 heterocycles. The lowest BCUT2D eigenvalue weighted by molar-refractivity contribution is 0.468. The SMILES string of the molecule is O=c1cc(-c2ccc(O)c(C3CC3)c2)oc2c(Br)cccc12. The molecule has 1 aliphatic rings. The number of para-hydroxylation sites is 1. The van der Waals surface area contributed by atoms with Gasteiger partial charge in [0, 0.05) is 11.6 Å². The first-order valence-corrected chi connectivity index (χ1v) is 7.98. The van der Waals surface area contributed by atoms with Gasteiger partial charge in [0.2, 0.25) is 0 Å². The molecule has 0 unspecified atom stereocenters. The third kappa shape index (κ3) is 2.24. The summed E-state index contributed by atoms with van der Waals surface area (Å²) in [5.74, 6) is 1.26. The lowest BCUT2D eigenvalue weighted by Gasteiger charge is -2.08. The molecule has 1 saturated carbocycles. The number of benzene rings is 2. The molecule has 0 spiro atoms. The van der Waals surface area contributed by atoms with E-state index in [2.05, 4.69) is 15.9 Å². The van der Waals surface area contributed by atoms with Crippen LogP contribution in [0.25, 0.3) is 22.3 Å². The third-order valence-corrected chi connectivity index (χ3v) is 4.66. The van der Waals surface area contributed by atoms with E-state index in [1.54, 1.807) is 18.2 Å². The van der Waals surface area contributed by atoms with Crippen molar-refractivity contribution in [1.29, 1.82) is 0 Å². The lowest BCUT2D eigenvalue weighted by atomic mass is 10.0. The van der Waals surface area contributed by atoms with Gasteiger partial charge in [-0.1, -0.05) is 6.07 Å². The van der Waals surface area contributed by atoms with Crippen LogP contribution in [0.15, 0.2) is 56.1 Å². The number of fused-ring (bicyclic) bond motifs is 1. The number of aromatic hydroxyl groups is 1. The first-order valence-electron chi connectivity index (χ1n) is 7.19. The van der Waals surface area contributed by atoms with Crippen LogP contribution in [0, 0.1) is 0 Å². The van der Waals surface area contributed by atoms with Crippen LogP contribution in [0.3, 0.4) is 0 Å². The fourth-order valence-electron chi connectivity index (χ4n) is 2.71. The first kappa shape index (κ1) is 13.6. The summed E-state index contributed by atoms with van der Waals surface area (Å²) in [4.78, 5) is 12.3. The van der Waals surface area contributed by atoms with Crippen molar-refractivity contribution in [1.82, 2.24) is 0 Å². The third-order valence-electron chi connectivity index (χ3n) is 4.04. The van der Waals surface area contributed by atoms with E-state index in [1.807, 2.05) is 18.2 Å². The second-order valence-corrected chi connectivity index (χ2v) is 6.49. The van der Waals surface area contributed by atoms with Gasteiger partial charge in [0.15, 0.2) is 11.0 Å². The van der Waals surface area contributed by atoms with Crippen LogP contribution in [-0.2, 0) is 0 Å². The van der Waals surface area contributed by atoms with Gasteiger partial charge < -0.3 is 9.52 Å². The molecule has 0 amide bonds. The Morgan fingerprint density at radius 2 is 1.95 bits per heavy atom. The molecule has 22 heavy (non-hydrogen) atoms. The first-order chi connectivity index (χ1) is 10.6. The van der Waals surface area contributed by atoms with Crippen molar-refractivity contribution in [3.63, 3.8) is 0 Å². The average Bonchev–Trinajstić information content (AvgIpc) is 3.33. The maximum atomic E-state index is 12.3. The minimum Gasteiger partial charge on any atom is -0.508 e. The lowest BCUT2D eigenvalue weighted by Crippen LogP contribution is -2.00. The predicted octanol–water partition coefficient (Wildman–Crippen LogP) is 4.81. The van der Waals surface area contributed by atoms with Gasteiger partial charge in [0.25, 0.3) is 0 Å². The Morgan fingerprint density at radius 3 is 2.73 bits per heavy atom. The van der Waals surface area contributed by atoms with E-state index >= 15 is 0 Å². The molecule has 1 fully saturated rings. The van der Waals surface area contributed by atoms with Gasteiger partial charge in [-0.25, -0.2) is 0 Å². The van der Waals surface area contributed by atoms with Crippen molar-refractivity contribution in [3.8, 4) is 17.1 Å². The van der Waals surface area contributed by atoms with Gasteiger partial charge in [-0.05, 0) is 70.6 Å². The molecule has 3 nitrogen and oxygen atoms in total. The van der Waals surface area contributed by atoms with Crippen LogP contribution in [0.4, 0.5) is 0 Å². The maximum absolute atomic E-state index is 12.3. The molecule has 3 aromatic rings. The van der Waals surface area contributed by atoms with Crippen molar-refractivity contribution >= 4 is 26.9 Å². The van der Waals surface area contributed by atoms with E-state index in [1.165, 1.54) is 6.07 Å². The van der Waals surface area contributed by atoms with Crippen molar-refractivity contribution in [3.05, 3.63) is 62.7 Å². The molecular weight excluding hydrogens is 344 g/mol. The van der Waals surface area contributed by atoms with E-state index in [9.17, 15) is 9.90 Å². The topological polar surface area (TPSA) is 50.4 Å². The van der Waals surface area contributed by atoms with E-state index in [4.69, 9.17) is 4.42 Å². The molecule has 1 aromatic heterocycles.